The summed E-state index contributed by atoms with van der Waals surface area (Å²) in [6.45, 7) is 5.59. The highest BCUT2D eigenvalue weighted by atomic mass is 16.5. The number of hydrogen-bond donors (Lipinski definition) is 1. The highest BCUT2D eigenvalue weighted by Crippen LogP contribution is 2.12. The summed E-state index contributed by atoms with van der Waals surface area (Å²) in [6, 6.07) is 0.397. The van der Waals surface area contributed by atoms with Crippen LogP contribution in [0.15, 0.2) is 0 Å². The minimum absolute atomic E-state index is 0.272. The van der Waals surface area contributed by atoms with Gasteiger partial charge in [0.25, 0.3) is 0 Å². The predicted octanol–water partition coefficient (Wildman–Crippen LogP) is 1.01. The molecule has 1 fully saturated rings. The van der Waals surface area contributed by atoms with Crippen LogP contribution in [0, 0.1) is 0 Å². The first kappa shape index (κ1) is 13.5. The maximum atomic E-state index is 12.0. The molecule has 1 aliphatic rings. The lowest BCUT2D eigenvalue weighted by atomic mass is 10.1. The van der Waals surface area contributed by atoms with Crippen LogP contribution in [0.2, 0.25) is 0 Å². The molecule has 0 saturated carbocycles. The number of carbonyl (C=O) groups excluding carboxylic acids is 1. The molecule has 1 rings (SSSR count). The fraction of sp³-hybridized carbons (Fsp3) is 0.917. The van der Waals surface area contributed by atoms with Crippen molar-refractivity contribution in [1.82, 2.24) is 10.2 Å². The van der Waals surface area contributed by atoms with E-state index in [1.54, 1.807) is 7.11 Å². The molecular weight excluding hydrogens is 204 g/mol. The van der Waals surface area contributed by atoms with Crippen LogP contribution in [0.25, 0.3) is 0 Å². The summed E-state index contributed by atoms with van der Waals surface area (Å²) >= 11 is 0. The lowest BCUT2D eigenvalue weighted by molar-refractivity contribution is -0.134. The third-order valence-electron chi connectivity index (χ3n) is 3.11. The van der Waals surface area contributed by atoms with Crippen molar-refractivity contribution in [2.45, 2.75) is 38.6 Å². The van der Waals surface area contributed by atoms with E-state index in [0.29, 0.717) is 19.1 Å². The lowest BCUT2D eigenvalue weighted by Gasteiger charge is -2.34. The Balaban J connectivity index is 2.35. The van der Waals surface area contributed by atoms with Crippen LogP contribution in [0.3, 0.4) is 0 Å². The molecule has 1 heterocycles. The Morgan fingerprint density at radius 2 is 2.38 bits per heavy atom. The second-order valence-corrected chi connectivity index (χ2v) is 4.28. The summed E-state index contributed by atoms with van der Waals surface area (Å²) in [5.41, 5.74) is 0. The summed E-state index contributed by atoms with van der Waals surface area (Å²) in [5, 5.41) is 3.35. The maximum absolute atomic E-state index is 12.0. The minimum Gasteiger partial charge on any atom is -0.385 e. The first-order valence-corrected chi connectivity index (χ1v) is 6.28. The molecule has 0 spiro atoms. The van der Waals surface area contributed by atoms with Crippen LogP contribution < -0.4 is 5.32 Å². The summed E-state index contributed by atoms with van der Waals surface area (Å²) in [5.74, 6) is 0.272. The molecule has 0 aromatic heterocycles. The van der Waals surface area contributed by atoms with Crippen molar-refractivity contribution >= 4 is 5.91 Å². The van der Waals surface area contributed by atoms with Gasteiger partial charge in [0.05, 0.1) is 0 Å². The zero-order chi connectivity index (χ0) is 11.8. The van der Waals surface area contributed by atoms with Crippen LogP contribution in [0.1, 0.15) is 32.6 Å². The molecule has 1 amide bonds. The number of amides is 1. The SMILES string of the molecule is CCN(C(=O)CCCOC)C1CCCNC1. The van der Waals surface area contributed by atoms with Crippen LogP contribution in [0.4, 0.5) is 0 Å². The lowest BCUT2D eigenvalue weighted by Crippen LogP contribution is -2.48. The molecule has 0 aromatic carbocycles. The van der Waals surface area contributed by atoms with Crippen molar-refractivity contribution in [1.29, 1.82) is 0 Å². The quantitative estimate of drug-likeness (QED) is 0.690. The van der Waals surface area contributed by atoms with Gasteiger partial charge in [-0.1, -0.05) is 0 Å². The average molecular weight is 228 g/mol. The number of hydrogen-bond acceptors (Lipinski definition) is 3. The van der Waals surface area contributed by atoms with Gasteiger partial charge in [-0.2, -0.15) is 0 Å². The summed E-state index contributed by atoms with van der Waals surface area (Å²) in [4.78, 5) is 14.0. The number of methoxy groups -OCH3 is 1. The zero-order valence-corrected chi connectivity index (χ0v) is 10.5. The van der Waals surface area contributed by atoms with E-state index in [-0.39, 0.29) is 5.91 Å². The molecule has 0 radical (unpaired) electrons. The predicted molar refractivity (Wildman–Crippen MR) is 64.4 cm³/mol. The molecule has 0 aromatic rings. The Labute approximate surface area is 98.3 Å². The molecular formula is C12H24N2O2. The van der Waals surface area contributed by atoms with E-state index in [2.05, 4.69) is 12.2 Å². The van der Waals surface area contributed by atoms with E-state index >= 15 is 0 Å². The Kier molecular flexibility index (Phi) is 6.42. The summed E-state index contributed by atoms with van der Waals surface area (Å²) in [7, 11) is 1.67. The van der Waals surface area contributed by atoms with Gasteiger partial charge in [-0.05, 0) is 32.7 Å². The highest BCUT2D eigenvalue weighted by molar-refractivity contribution is 5.76. The number of nitrogens with zero attached hydrogens (tertiary/aromatic N) is 1. The fourth-order valence-corrected chi connectivity index (χ4v) is 2.25. The number of ether oxygens (including phenoxy) is 1. The maximum Gasteiger partial charge on any atom is 0.222 e. The van der Waals surface area contributed by atoms with E-state index in [1.165, 1.54) is 6.42 Å². The van der Waals surface area contributed by atoms with Gasteiger partial charge in [-0.3, -0.25) is 4.79 Å². The van der Waals surface area contributed by atoms with Crippen LogP contribution in [0.5, 0.6) is 0 Å². The molecule has 1 atom stereocenters. The van der Waals surface area contributed by atoms with E-state index in [9.17, 15) is 4.79 Å². The van der Waals surface area contributed by atoms with Crippen molar-refractivity contribution in [2.24, 2.45) is 0 Å². The molecule has 4 nitrogen and oxygen atoms in total. The Bertz CT molecular complexity index is 203. The van der Waals surface area contributed by atoms with Crippen molar-refractivity contribution in [2.75, 3.05) is 33.4 Å². The largest absolute Gasteiger partial charge is 0.385 e. The second kappa shape index (κ2) is 7.63. The van der Waals surface area contributed by atoms with Crippen molar-refractivity contribution in [3.63, 3.8) is 0 Å². The first-order chi connectivity index (χ1) is 7.79. The molecule has 1 saturated heterocycles. The molecule has 0 bridgehead atoms. The van der Waals surface area contributed by atoms with Crippen molar-refractivity contribution < 1.29 is 9.53 Å². The molecule has 1 N–H and O–H groups in total. The van der Waals surface area contributed by atoms with Gasteiger partial charge in [-0.25, -0.2) is 0 Å². The van der Waals surface area contributed by atoms with Crippen LogP contribution >= 0.6 is 0 Å². The van der Waals surface area contributed by atoms with Crippen LogP contribution in [-0.2, 0) is 9.53 Å². The molecule has 1 unspecified atom stereocenters. The van der Waals surface area contributed by atoms with Crippen LogP contribution in [-0.4, -0.2) is 50.2 Å². The van der Waals surface area contributed by atoms with Gasteiger partial charge in [0, 0.05) is 39.3 Å². The third kappa shape index (κ3) is 4.10. The van der Waals surface area contributed by atoms with E-state index in [4.69, 9.17) is 4.74 Å². The number of piperidine rings is 1. The van der Waals surface area contributed by atoms with E-state index in [0.717, 1.165) is 32.5 Å². The number of rotatable bonds is 6. The Morgan fingerprint density at radius 1 is 1.56 bits per heavy atom. The third-order valence-corrected chi connectivity index (χ3v) is 3.11. The highest BCUT2D eigenvalue weighted by Gasteiger charge is 2.23. The van der Waals surface area contributed by atoms with Gasteiger partial charge in [0.1, 0.15) is 0 Å². The smallest absolute Gasteiger partial charge is 0.222 e. The number of carbonyl (C=O) groups is 1. The van der Waals surface area contributed by atoms with E-state index in [1.807, 2.05) is 4.90 Å². The standard InChI is InChI=1S/C12H24N2O2/c1-3-14(11-6-4-8-13-10-11)12(15)7-5-9-16-2/h11,13H,3-10H2,1-2H3. The van der Waals surface area contributed by atoms with Crippen molar-refractivity contribution in [3.05, 3.63) is 0 Å². The number of nitrogens with one attached hydrogen (secondary N) is 1. The first-order valence-electron chi connectivity index (χ1n) is 6.28. The average Bonchev–Trinajstić information content (AvgIpc) is 2.32. The molecule has 94 valence electrons. The second-order valence-electron chi connectivity index (χ2n) is 4.28. The van der Waals surface area contributed by atoms with Gasteiger partial charge in [0.2, 0.25) is 5.91 Å². The summed E-state index contributed by atoms with van der Waals surface area (Å²) < 4.78 is 4.97. The molecule has 4 heteroatoms. The zero-order valence-electron chi connectivity index (χ0n) is 10.5. The number of likely N-dealkylation sites (N-methyl/N-ethyl adjacent to an activating group) is 1. The fourth-order valence-electron chi connectivity index (χ4n) is 2.25. The Hall–Kier alpha value is -0.610. The minimum atomic E-state index is 0.272. The van der Waals surface area contributed by atoms with Gasteiger partial charge in [-0.15, -0.1) is 0 Å². The monoisotopic (exact) mass is 228 g/mol. The van der Waals surface area contributed by atoms with E-state index < -0.39 is 0 Å². The Morgan fingerprint density at radius 3 is 2.94 bits per heavy atom. The summed E-state index contributed by atoms with van der Waals surface area (Å²) in [6.07, 6.45) is 3.74. The normalized spacial score (nSPS) is 20.8. The van der Waals surface area contributed by atoms with Gasteiger partial charge in [0.15, 0.2) is 0 Å². The van der Waals surface area contributed by atoms with Crippen molar-refractivity contribution in [3.8, 4) is 0 Å². The molecule has 16 heavy (non-hydrogen) atoms. The topological polar surface area (TPSA) is 41.6 Å². The van der Waals surface area contributed by atoms with Gasteiger partial charge >= 0.3 is 0 Å². The molecule has 1 aliphatic heterocycles. The van der Waals surface area contributed by atoms with Gasteiger partial charge < -0.3 is 15.0 Å². The molecule has 0 aliphatic carbocycles.